The largest absolute Gasteiger partial charge is 0.417 e. The second-order valence-electron chi connectivity index (χ2n) is 5.08. The Labute approximate surface area is 113 Å². The van der Waals surface area contributed by atoms with Crippen LogP contribution >= 0.6 is 0 Å². The van der Waals surface area contributed by atoms with Gasteiger partial charge in [0.15, 0.2) is 0 Å². The van der Waals surface area contributed by atoms with E-state index in [1.165, 1.54) is 25.1 Å². The standard InChI is InChI=1S/C13H16F3NOS/c1-9(17-19(18)12(2,3)4)10-7-5-6-8-11(10)13(14,15)16/h5-8H,1-4H3/b17-9+/t19-/m0/s1. The molecule has 0 aliphatic rings. The SMILES string of the molecule is C/C(=N\[S@@](=O)C(C)(C)C)c1ccccc1C(F)(F)F. The first-order valence-corrected chi connectivity index (χ1v) is 6.78. The maximum absolute atomic E-state index is 12.8. The van der Waals surface area contributed by atoms with Gasteiger partial charge < -0.3 is 0 Å². The van der Waals surface area contributed by atoms with E-state index in [1.54, 1.807) is 20.8 Å². The van der Waals surface area contributed by atoms with Crippen LogP contribution in [0.15, 0.2) is 28.7 Å². The van der Waals surface area contributed by atoms with Crippen molar-refractivity contribution >= 4 is 16.7 Å². The van der Waals surface area contributed by atoms with Crippen molar-refractivity contribution in [2.24, 2.45) is 4.40 Å². The quantitative estimate of drug-likeness (QED) is 0.758. The fraction of sp³-hybridized carbons (Fsp3) is 0.462. The zero-order chi connectivity index (χ0) is 14.8. The first kappa shape index (κ1) is 15.9. The second-order valence-corrected chi connectivity index (χ2v) is 6.99. The van der Waals surface area contributed by atoms with E-state index in [1.807, 2.05) is 0 Å². The molecule has 0 aliphatic carbocycles. The summed E-state index contributed by atoms with van der Waals surface area (Å²) in [6.07, 6.45) is -4.45. The normalized spacial score (nSPS) is 15.4. The number of halogens is 3. The summed E-state index contributed by atoms with van der Waals surface area (Å²) in [5.74, 6) is 0. The Morgan fingerprint density at radius 3 is 2.16 bits per heavy atom. The predicted molar refractivity (Wildman–Crippen MR) is 71.6 cm³/mol. The van der Waals surface area contributed by atoms with Crippen molar-refractivity contribution in [3.05, 3.63) is 35.4 Å². The molecule has 0 amide bonds. The molecule has 0 spiro atoms. The summed E-state index contributed by atoms with van der Waals surface area (Å²) in [7, 11) is -1.58. The summed E-state index contributed by atoms with van der Waals surface area (Å²) >= 11 is 0. The van der Waals surface area contributed by atoms with E-state index in [-0.39, 0.29) is 11.3 Å². The van der Waals surface area contributed by atoms with Crippen LogP contribution in [0.4, 0.5) is 13.2 Å². The highest BCUT2D eigenvalue weighted by atomic mass is 32.2. The number of rotatable bonds is 2. The van der Waals surface area contributed by atoms with E-state index in [0.29, 0.717) is 0 Å². The third-order valence-corrected chi connectivity index (χ3v) is 3.85. The van der Waals surface area contributed by atoms with E-state index in [0.717, 1.165) is 6.07 Å². The van der Waals surface area contributed by atoms with Gasteiger partial charge in [-0.2, -0.15) is 17.6 Å². The van der Waals surface area contributed by atoms with E-state index < -0.39 is 27.5 Å². The third-order valence-electron chi connectivity index (χ3n) is 2.37. The predicted octanol–water partition coefficient (Wildman–Crippen LogP) is 3.98. The Morgan fingerprint density at radius 2 is 1.68 bits per heavy atom. The first-order valence-electron chi connectivity index (χ1n) is 5.67. The van der Waals surface area contributed by atoms with Gasteiger partial charge in [0.25, 0.3) is 0 Å². The minimum atomic E-state index is -4.45. The Kier molecular flexibility index (Phi) is 4.55. The Morgan fingerprint density at radius 1 is 1.16 bits per heavy atom. The second kappa shape index (κ2) is 5.45. The molecule has 0 radical (unpaired) electrons. The maximum Gasteiger partial charge on any atom is 0.417 e. The summed E-state index contributed by atoms with van der Waals surface area (Å²) < 4.78 is 53.7. The number of alkyl halides is 3. The van der Waals surface area contributed by atoms with Crippen molar-refractivity contribution in [1.82, 2.24) is 0 Å². The van der Waals surface area contributed by atoms with Gasteiger partial charge in [-0.1, -0.05) is 18.2 Å². The van der Waals surface area contributed by atoms with E-state index in [9.17, 15) is 17.4 Å². The lowest BCUT2D eigenvalue weighted by Crippen LogP contribution is -2.21. The lowest BCUT2D eigenvalue weighted by molar-refractivity contribution is -0.137. The van der Waals surface area contributed by atoms with E-state index >= 15 is 0 Å². The Hall–Kier alpha value is -1.17. The van der Waals surface area contributed by atoms with Crippen LogP contribution in [0.5, 0.6) is 0 Å². The van der Waals surface area contributed by atoms with Gasteiger partial charge in [0.2, 0.25) is 0 Å². The molecule has 0 N–H and O–H groups in total. The van der Waals surface area contributed by atoms with Crippen LogP contribution < -0.4 is 0 Å². The van der Waals surface area contributed by atoms with Gasteiger partial charge in [-0.3, -0.25) is 0 Å². The summed E-state index contributed by atoms with van der Waals surface area (Å²) in [5, 5.41) is 0. The van der Waals surface area contributed by atoms with Crippen LogP contribution in [0.3, 0.4) is 0 Å². The molecule has 0 heterocycles. The van der Waals surface area contributed by atoms with Crippen molar-refractivity contribution in [3.63, 3.8) is 0 Å². The molecule has 19 heavy (non-hydrogen) atoms. The molecule has 0 unspecified atom stereocenters. The van der Waals surface area contributed by atoms with Crippen molar-refractivity contribution in [1.29, 1.82) is 0 Å². The number of hydrogen-bond donors (Lipinski definition) is 0. The molecule has 1 atom stereocenters. The minimum Gasteiger partial charge on any atom is -0.234 e. The van der Waals surface area contributed by atoms with Crippen LogP contribution in [0, 0.1) is 0 Å². The Bertz CT molecular complexity index is 515. The summed E-state index contributed by atoms with van der Waals surface area (Å²) in [4.78, 5) is 0. The molecule has 1 rings (SSSR count). The monoisotopic (exact) mass is 291 g/mol. The first-order chi connectivity index (χ1) is 8.53. The lowest BCUT2D eigenvalue weighted by atomic mass is 10.0. The summed E-state index contributed by atoms with van der Waals surface area (Å²) in [6, 6.07) is 5.15. The number of benzene rings is 1. The Balaban J connectivity index is 3.25. The van der Waals surface area contributed by atoms with Crippen molar-refractivity contribution in [2.75, 3.05) is 0 Å². The molecule has 106 valence electrons. The number of nitrogens with zero attached hydrogens (tertiary/aromatic N) is 1. The lowest BCUT2D eigenvalue weighted by Gasteiger charge is -2.16. The minimum absolute atomic E-state index is 0.0346. The highest BCUT2D eigenvalue weighted by Crippen LogP contribution is 2.32. The fourth-order valence-corrected chi connectivity index (χ4v) is 1.98. The topological polar surface area (TPSA) is 29.4 Å². The molecule has 0 bridgehead atoms. The molecule has 0 saturated carbocycles. The highest BCUT2D eigenvalue weighted by Gasteiger charge is 2.33. The zero-order valence-electron chi connectivity index (χ0n) is 11.2. The van der Waals surface area contributed by atoms with Gasteiger partial charge in [0, 0.05) is 5.56 Å². The number of hydrogen-bond acceptors (Lipinski definition) is 1. The van der Waals surface area contributed by atoms with Crippen molar-refractivity contribution < 1.29 is 17.4 Å². The third kappa shape index (κ3) is 4.16. The van der Waals surface area contributed by atoms with Gasteiger partial charge >= 0.3 is 6.18 Å². The van der Waals surface area contributed by atoms with Crippen LogP contribution in [0.2, 0.25) is 0 Å². The highest BCUT2D eigenvalue weighted by molar-refractivity contribution is 7.85. The van der Waals surface area contributed by atoms with Gasteiger partial charge in [0.05, 0.1) is 16.0 Å². The molecule has 0 fully saturated rings. The van der Waals surface area contributed by atoms with Gasteiger partial charge in [0.1, 0.15) is 11.0 Å². The summed E-state index contributed by atoms with van der Waals surface area (Å²) in [5.41, 5.74) is -0.670. The average molecular weight is 291 g/mol. The van der Waals surface area contributed by atoms with Crippen LogP contribution in [-0.2, 0) is 17.2 Å². The molecule has 0 aromatic heterocycles. The molecule has 2 nitrogen and oxygen atoms in total. The molecule has 0 saturated heterocycles. The van der Waals surface area contributed by atoms with Crippen molar-refractivity contribution in [2.45, 2.75) is 38.6 Å². The fourth-order valence-electron chi connectivity index (χ4n) is 1.36. The van der Waals surface area contributed by atoms with Gasteiger partial charge in [-0.15, -0.1) is 0 Å². The molecule has 1 aromatic rings. The smallest absolute Gasteiger partial charge is 0.234 e. The van der Waals surface area contributed by atoms with Crippen LogP contribution in [0.25, 0.3) is 0 Å². The molecule has 6 heteroatoms. The molecule has 1 aromatic carbocycles. The van der Waals surface area contributed by atoms with Crippen LogP contribution in [-0.4, -0.2) is 14.7 Å². The van der Waals surface area contributed by atoms with Crippen molar-refractivity contribution in [3.8, 4) is 0 Å². The summed E-state index contributed by atoms with van der Waals surface area (Å²) in [6.45, 7) is 6.59. The van der Waals surface area contributed by atoms with Crippen LogP contribution in [0.1, 0.15) is 38.8 Å². The van der Waals surface area contributed by atoms with Gasteiger partial charge in [-0.05, 0) is 33.8 Å². The molecule has 0 aliphatic heterocycles. The average Bonchev–Trinajstić information content (AvgIpc) is 2.26. The zero-order valence-corrected chi connectivity index (χ0v) is 12.0. The van der Waals surface area contributed by atoms with E-state index in [4.69, 9.17) is 0 Å². The van der Waals surface area contributed by atoms with Gasteiger partial charge in [-0.25, -0.2) is 4.21 Å². The maximum atomic E-state index is 12.8. The molecular weight excluding hydrogens is 275 g/mol. The van der Waals surface area contributed by atoms with E-state index in [2.05, 4.69) is 4.40 Å². The molecular formula is C13H16F3NOS.